The van der Waals surface area contributed by atoms with Crippen LogP contribution >= 0.6 is 0 Å². The Morgan fingerprint density at radius 3 is 1.74 bits per heavy atom. The maximum Gasteiger partial charge on any atom is 0.330 e. The summed E-state index contributed by atoms with van der Waals surface area (Å²) in [5.74, 6) is -2.41. The predicted octanol–water partition coefficient (Wildman–Crippen LogP) is 6.44. The highest BCUT2D eigenvalue weighted by molar-refractivity contribution is 5.94. The second-order valence-electron chi connectivity index (χ2n) is 9.28. The smallest absolute Gasteiger partial charge is 0.330 e. The summed E-state index contributed by atoms with van der Waals surface area (Å²) in [5, 5.41) is 14.6. The number of carboxylic acids is 1. The van der Waals surface area contributed by atoms with Crippen molar-refractivity contribution in [3.8, 4) is 0 Å². The fourth-order valence-corrected chi connectivity index (χ4v) is 3.46. The first kappa shape index (κ1) is 38.1. The van der Waals surface area contributed by atoms with Gasteiger partial charge in [0.15, 0.2) is 0 Å². The van der Waals surface area contributed by atoms with E-state index in [-0.39, 0.29) is 25.4 Å². The largest absolute Gasteiger partial charge is 0.480 e. The van der Waals surface area contributed by atoms with E-state index >= 15 is 0 Å². The van der Waals surface area contributed by atoms with E-state index in [9.17, 15) is 24.3 Å². The Labute approximate surface area is 252 Å². The number of esters is 1. The number of rotatable bonds is 24. The monoisotopic (exact) mass is 582 g/mol. The maximum atomic E-state index is 12.1. The molecule has 3 N–H and O–H groups in total. The highest BCUT2D eigenvalue weighted by Gasteiger charge is 2.18. The highest BCUT2D eigenvalue weighted by atomic mass is 16.5. The maximum absolute atomic E-state index is 12.1. The predicted molar refractivity (Wildman–Crippen MR) is 170 cm³/mol. The van der Waals surface area contributed by atoms with E-state index in [1.807, 2.05) is 12.2 Å². The van der Waals surface area contributed by atoms with Crippen molar-refractivity contribution < 1.29 is 29.0 Å². The van der Waals surface area contributed by atoms with Gasteiger partial charge in [-0.3, -0.25) is 9.59 Å². The number of carboxylic acid groups (broad SMARTS) is 1. The van der Waals surface area contributed by atoms with Crippen molar-refractivity contribution in [2.45, 2.75) is 90.5 Å². The van der Waals surface area contributed by atoms with Crippen molar-refractivity contribution in [3.05, 3.63) is 85.1 Å². The minimum absolute atomic E-state index is 0.217. The minimum atomic E-state index is -1.08. The van der Waals surface area contributed by atoms with Gasteiger partial charge in [-0.2, -0.15) is 0 Å². The van der Waals surface area contributed by atoms with E-state index < -0.39 is 23.9 Å². The molecule has 0 aromatic heterocycles. The van der Waals surface area contributed by atoms with E-state index in [0.717, 1.165) is 50.7 Å². The van der Waals surface area contributed by atoms with Crippen LogP contribution in [0.2, 0.25) is 0 Å². The van der Waals surface area contributed by atoms with Crippen LogP contribution in [0.25, 0.3) is 0 Å². The second-order valence-corrected chi connectivity index (χ2v) is 9.28. The lowest BCUT2D eigenvalue weighted by molar-refractivity contribution is -0.142. The molecule has 0 bridgehead atoms. The minimum Gasteiger partial charge on any atom is -0.480 e. The van der Waals surface area contributed by atoms with E-state index in [1.165, 1.54) is 0 Å². The summed E-state index contributed by atoms with van der Waals surface area (Å²) < 4.78 is 4.69. The van der Waals surface area contributed by atoms with Crippen molar-refractivity contribution in [2.24, 2.45) is 0 Å². The van der Waals surface area contributed by atoms with Crippen molar-refractivity contribution in [1.82, 2.24) is 10.6 Å². The van der Waals surface area contributed by atoms with Gasteiger partial charge < -0.3 is 20.5 Å². The van der Waals surface area contributed by atoms with Gasteiger partial charge in [-0.15, -0.1) is 0 Å². The number of ether oxygens (including phenoxy) is 1. The van der Waals surface area contributed by atoms with Crippen LogP contribution in [-0.4, -0.2) is 48.1 Å². The molecule has 0 aromatic carbocycles. The van der Waals surface area contributed by atoms with Gasteiger partial charge >= 0.3 is 11.9 Å². The van der Waals surface area contributed by atoms with Gasteiger partial charge in [0.25, 0.3) is 0 Å². The lowest BCUT2D eigenvalue weighted by Crippen LogP contribution is -2.40. The average molecular weight is 583 g/mol. The molecule has 0 aliphatic rings. The van der Waals surface area contributed by atoms with Crippen LogP contribution in [0.4, 0.5) is 0 Å². The summed E-state index contributed by atoms with van der Waals surface area (Å²) in [7, 11) is 0. The second kappa shape index (κ2) is 28.6. The first-order chi connectivity index (χ1) is 20.4. The van der Waals surface area contributed by atoms with Crippen LogP contribution in [0, 0.1) is 0 Å². The van der Waals surface area contributed by atoms with E-state index in [0.29, 0.717) is 25.8 Å². The Morgan fingerprint density at radius 2 is 1.24 bits per heavy atom. The van der Waals surface area contributed by atoms with Gasteiger partial charge in [0.2, 0.25) is 11.8 Å². The van der Waals surface area contributed by atoms with E-state index in [4.69, 9.17) is 0 Å². The van der Waals surface area contributed by atoms with Crippen LogP contribution in [0.5, 0.6) is 0 Å². The van der Waals surface area contributed by atoms with Crippen LogP contribution < -0.4 is 10.6 Å². The fraction of sp³-hybridized carbons (Fsp3) is 0.471. The number of hydrogen-bond donors (Lipinski definition) is 3. The molecule has 0 saturated heterocycles. The number of amides is 2. The van der Waals surface area contributed by atoms with E-state index in [1.54, 1.807) is 6.92 Å². The molecular weight excluding hydrogens is 532 g/mol. The first-order valence-corrected chi connectivity index (χ1v) is 14.9. The lowest BCUT2D eigenvalue weighted by atomic mass is 10.1. The number of carbonyl (C=O) groups excluding carboxylic acids is 3. The van der Waals surface area contributed by atoms with Gasteiger partial charge in [0, 0.05) is 25.1 Å². The first-order valence-electron chi connectivity index (χ1n) is 14.9. The zero-order valence-corrected chi connectivity index (χ0v) is 25.3. The Balaban J connectivity index is 3.97. The zero-order valence-electron chi connectivity index (χ0n) is 25.3. The molecule has 42 heavy (non-hydrogen) atoms. The van der Waals surface area contributed by atoms with Gasteiger partial charge in [-0.1, -0.05) is 79.8 Å². The summed E-state index contributed by atoms with van der Waals surface area (Å²) in [5.41, 5.74) is 0. The number of allylic oxidation sites excluding steroid dienone is 12. The Morgan fingerprint density at radius 1 is 0.714 bits per heavy atom. The summed E-state index contributed by atoms with van der Waals surface area (Å²) in [4.78, 5) is 46.5. The van der Waals surface area contributed by atoms with Gasteiger partial charge in [0.05, 0.1) is 6.61 Å². The number of carbonyl (C=O) groups is 4. The Bertz CT molecular complexity index is 973. The van der Waals surface area contributed by atoms with Gasteiger partial charge in [0.1, 0.15) is 6.04 Å². The third kappa shape index (κ3) is 26.3. The molecule has 0 radical (unpaired) electrons. The topological polar surface area (TPSA) is 122 Å². The molecule has 0 aromatic rings. The van der Waals surface area contributed by atoms with Crippen molar-refractivity contribution in [3.63, 3.8) is 0 Å². The quantitative estimate of drug-likeness (QED) is 0.0521. The zero-order chi connectivity index (χ0) is 31.1. The van der Waals surface area contributed by atoms with Crippen molar-refractivity contribution in [2.75, 3.05) is 13.2 Å². The molecule has 0 rings (SSSR count). The molecule has 0 spiro atoms. The number of unbranched alkanes of at least 4 members (excludes halogenated alkanes) is 1. The normalized spacial score (nSPS) is 13.0. The summed E-state index contributed by atoms with van der Waals surface area (Å²) >= 11 is 0. The molecule has 8 nitrogen and oxygen atoms in total. The molecule has 0 heterocycles. The number of aliphatic carboxylic acids is 1. The van der Waals surface area contributed by atoms with Crippen LogP contribution in [0.3, 0.4) is 0 Å². The summed E-state index contributed by atoms with van der Waals surface area (Å²) in [6.07, 6.45) is 35.3. The third-order valence-corrected chi connectivity index (χ3v) is 5.64. The van der Waals surface area contributed by atoms with Crippen molar-refractivity contribution >= 4 is 23.8 Å². The molecule has 1 atom stereocenters. The average Bonchev–Trinajstić information content (AvgIpc) is 2.96. The Hall–Kier alpha value is -3.94. The molecule has 232 valence electrons. The third-order valence-electron chi connectivity index (χ3n) is 5.64. The molecular formula is C34H50N2O6. The lowest BCUT2D eigenvalue weighted by Gasteiger charge is -2.14. The molecule has 0 fully saturated rings. The van der Waals surface area contributed by atoms with Gasteiger partial charge in [-0.25, -0.2) is 9.59 Å². The fourth-order valence-electron chi connectivity index (χ4n) is 3.46. The SMILES string of the molecule is CC/C=C\C/C=C\C/C=C\CC=CC/C=C\C/C=C\CCC(=O)N[C@@H](CCCCNC(=O)/C=C/C(=O)OCC)C(=O)O. The molecule has 0 aliphatic heterocycles. The van der Waals surface area contributed by atoms with Crippen LogP contribution in [0.15, 0.2) is 85.1 Å². The molecule has 2 amide bonds. The number of hydrogen-bond acceptors (Lipinski definition) is 5. The Kier molecular flexibility index (Phi) is 25.9. The molecule has 0 aliphatic carbocycles. The summed E-state index contributed by atoms with van der Waals surface area (Å²) in [6.45, 7) is 4.37. The number of nitrogens with one attached hydrogen (secondary N) is 2. The standard InChI is InChI=1S/C34H50N2O6/c1-3-5-6-7-8-9-10-11-12-13-14-15-16-17-18-19-20-21-22-26-32(38)36-30(34(40)41)25-23-24-29-35-31(37)27-28-33(39)42-4-2/h5-6,8-9,11-12,14-15,17-18,20-21,27-28,30H,3-4,7,10,13,16,19,22-26,29H2,1-2H3,(H,35,37)(H,36,38)(H,40,41)/b6-5-,9-8-,12-11-,15-14?,18-17-,21-20-,28-27+/t30-/m0/s1. The molecule has 0 unspecified atom stereocenters. The highest BCUT2D eigenvalue weighted by Crippen LogP contribution is 2.03. The van der Waals surface area contributed by atoms with Gasteiger partial charge in [-0.05, 0) is 71.1 Å². The summed E-state index contributed by atoms with van der Waals surface area (Å²) in [6, 6.07) is -0.970. The molecule has 0 saturated carbocycles. The molecule has 8 heteroatoms. The van der Waals surface area contributed by atoms with Crippen LogP contribution in [0.1, 0.15) is 84.5 Å². The van der Waals surface area contributed by atoms with Crippen LogP contribution in [-0.2, 0) is 23.9 Å². The van der Waals surface area contributed by atoms with E-state index in [2.05, 4.69) is 83.1 Å². The van der Waals surface area contributed by atoms with Crippen molar-refractivity contribution in [1.29, 1.82) is 0 Å².